The van der Waals surface area contributed by atoms with Gasteiger partial charge >= 0.3 is 12.1 Å². The maximum Gasteiger partial charge on any atom is 0.417 e. The van der Waals surface area contributed by atoms with Crippen LogP contribution in [-0.2, 0) is 17.5 Å². The van der Waals surface area contributed by atoms with Crippen molar-refractivity contribution in [1.82, 2.24) is 9.97 Å². The van der Waals surface area contributed by atoms with Crippen molar-refractivity contribution < 1.29 is 27.4 Å². The fraction of sp³-hybridized carbons (Fsp3) is 0.269. The lowest BCUT2D eigenvalue weighted by Gasteiger charge is -2.16. The van der Waals surface area contributed by atoms with Gasteiger partial charge in [0.2, 0.25) is 5.88 Å². The summed E-state index contributed by atoms with van der Waals surface area (Å²) in [5.41, 5.74) is 2.29. The summed E-state index contributed by atoms with van der Waals surface area (Å²) in [5.74, 6) is -0.453. The minimum Gasteiger partial charge on any atom is -0.472 e. The largest absolute Gasteiger partial charge is 0.472 e. The van der Waals surface area contributed by atoms with Gasteiger partial charge in [-0.05, 0) is 73.2 Å². The van der Waals surface area contributed by atoms with E-state index in [-0.39, 0.29) is 30.4 Å². The summed E-state index contributed by atoms with van der Waals surface area (Å²) in [6.07, 6.45) is -1.93. The van der Waals surface area contributed by atoms with Crippen LogP contribution in [0.3, 0.4) is 0 Å². The van der Waals surface area contributed by atoms with Crippen LogP contribution in [0, 0.1) is 0 Å². The second kappa shape index (κ2) is 10.5. The van der Waals surface area contributed by atoms with Crippen LogP contribution in [-0.4, -0.2) is 22.5 Å². The van der Waals surface area contributed by atoms with Crippen LogP contribution in [0.25, 0.3) is 11.1 Å². The summed E-state index contributed by atoms with van der Waals surface area (Å²) in [6.45, 7) is 2.02. The molecule has 0 bridgehead atoms. The highest BCUT2D eigenvalue weighted by Gasteiger charge is 2.33. The van der Waals surface area contributed by atoms with Gasteiger partial charge in [0.1, 0.15) is 12.3 Å². The summed E-state index contributed by atoms with van der Waals surface area (Å²) in [5, 5.41) is 0.570. The van der Waals surface area contributed by atoms with E-state index in [1.807, 2.05) is 0 Å². The summed E-state index contributed by atoms with van der Waals surface area (Å²) in [4.78, 5) is 20.6. The molecule has 0 radical (unpaired) electrons. The van der Waals surface area contributed by atoms with Crippen molar-refractivity contribution in [1.29, 1.82) is 0 Å². The Bertz CT molecular complexity index is 1260. The number of allylic oxidation sites excluding steroid dienone is 2. The Balaban J connectivity index is 1.75. The first-order valence-corrected chi connectivity index (χ1v) is 11.5. The van der Waals surface area contributed by atoms with Crippen molar-refractivity contribution in [3.8, 4) is 5.88 Å². The number of benzene rings is 1. The second-order valence-electron chi connectivity index (χ2n) is 7.93. The molecule has 0 unspecified atom stereocenters. The van der Waals surface area contributed by atoms with Crippen molar-refractivity contribution in [2.45, 2.75) is 39.0 Å². The molecule has 2 heterocycles. The average Bonchev–Trinajstić information content (AvgIpc) is 3.33. The maximum atomic E-state index is 13.5. The number of ether oxygens (including phenoxy) is 2. The van der Waals surface area contributed by atoms with Crippen LogP contribution in [0.2, 0.25) is 5.02 Å². The van der Waals surface area contributed by atoms with E-state index in [0.29, 0.717) is 29.1 Å². The minimum absolute atomic E-state index is 0.101. The first-order valence-electron chi connectivity index (χ1n) is 11.1. The summed E-state index contributed by atoms with van der Waals surface area (Å²) in [6, 6.07) is 13.0. The Morgan fingerprint density at radius 2 is 1.83 bits per heavy atom. The highest BCUT2D eigenvalue weighted by atomic mass is 35.5. The number of aromatic nitrogens is 2. The molecular formula is C26H22ClF3N2O3. The quantitative estimate of drug-likeness (QED) is 0.325. The molecule has 0 amide bonds. The Hall–Kier alpha value is -3.39. The second-order valence-corrected chi connectivity index (χ2v) is 8.37. The fourth-order valence-electron chi connectivity index (χ4n) is 3.92. The maximum absolute atomic E-state index is 13.5. The molecule has 1 aromatic carbocycles. The molecule has 1 aliphatic carbocycles. The summed E-state index contributed by atoms with van der Waals surface area (Å²) in [7, 11) is 0. The van der Waals surface area contributed by atoms with Crippen molar-refractivity contribution in [3.05, 3.63) is 87.8 Å². The molecule has 0 atom stereocenters. The number of pyridine rings is 2. The number of halogens is 4. The first-order chi connectivity index (χ1) is 16.8. The number of nitrogens with zero attached hydrogens (tertiary/aromatic N) is 2. The Kier molecular flexibility index (Phi) is 7.40. The highest BCUT2D eigenvalue weighted by Crippen LogP contribution is 2.43. The van der Waals surface area contributed by atoms with E-state index < -0.39 is 17.7 Å². The van der Waals surface area contributed by atoms with Crippen molar-refractivity contribution in [3.63, 3.8) is 0 Å². The van der Waals surface area contributed by atoms with Crippen molar-refractivity contribution in [2.24, 2.45) is 0 Å². The molecular weight excluding hydrogens is 481 g/mol. The summed E-state index contributed by atoms with van der Waals surface area (Å²) >= 11 is 5.92. The topological polar surface area (TPSA) is 61.3 Å². The van der Waals surface area contributed by atoms with E-state index in [4.69, 9.17) is 21.1 Å². The van der Waals surface area contributed by atoms with Gasteiger partial charge in [0.05, 0.1) is 17.9 Å². The SMILES string of the molecule is CCOC(=O)c1cccc(C2=C(c3cc(C(F)(F)F)cnc3OCc3ccc(Cl)cc3)CCC2)n1. The monoisotopic (exact) mass is 502 g/mol. The molecule has 0 aliphatic heterocycles. The number of carbonyl (C=O) groups is 1. The van der Waals surface area contributed by atoms with Crippen molar-refractivity contribution in [2.75, 3.05) is 6.61 Å². The van der Waals surface area contributed by atoms with Gasteiger partial charge in [-0.15, -0.1) is 0 Å². The minimum atomic E-state index is -4.56. The van der Waals surface area contributed by atoms with Crippen LogP contribution in [0.4, 0.5) is 13.2 Å². The molecule has 0 spiro atoms. The van der Waals surface area contributed by atoms with Crippen LogP contribution in [0.1, 0.15) is 59.1 Å². The molecule has 2 aromatic heterocycles. The van der Waals surface area contributed by atoms with Crippen molar-refractivity contribution >= 4 is 28.7 Å². The molecule has 0 fully saturated rings. The number of esters is 1. The van der Waals surface area contributed by atoms with Gasteiger partial charge in [-0.3, -0.25) is 0 Å². The number of carbonyl (C=O) groups excluding carboxylic acids is 1. The molecule has 9 heteroatoms. The van der Waals surface area contributed by atoms with Gasteiger partial charge in [0, 0.05) is 16.8 Å². The lowest BCUT2D eigenvalue weighted by atomic mass is 9.99. The molecule has 3 aromatic rings. The van der Waals surface area contributed by atoms with E-state index in [2.05, 4.69) is 9.97 Å². The zero-order chi connectivity index (χ0) is 25.0. The van der Waals surface area contributed by atoms with Crippen LogP contribution in [0.15, 0.2) is 54.7 Å². The molecule has 35 heavy (non-hydrogen) atoms. The Morgan fingerprint density at radius 1 is 1.09 bits per heavy atom. The molecule has 0 saturated carbocycles. The van der Waals surface area contributed by atoms with Gasteiger partial charge in [-0.25, -0.2) is 14.8 Å². The third-order valence-electron chi connectivity index (χ3n) is 5.55. The van der Waals surface area contributed by atoms with E-state index in [1.165, 1.54) is 0 Å². The molecule has 0 saturated heterocycles. The average molecular weight is 503 g/mol. The lowest BCUT2D eigenvalue weighted by Crippen LogP contribution is -2.09. The Morgan fingerprint density at radius 3 is 2.54 bits per heavy atom. The number of rotatable bonds is 7. The third-order valence-corrected chi connectivity index (χ3v) is 5.81. The molecule has 1 aliphatic rings. The number of alkyl halides is 3. The summed E-state index contributed by atoms with van der Waals surface area (Å²) < 4.78 is 51.5. The van der Waals surface area contributed by atoms with Crippen LogP contribution < -0.4 is 4.74 Å². The van der Waals surface area contributed by atoms with Gasteiger partial charge < -0.3 is 9.47 Å². The predicted molar refractivity (Wildman–Crippen MR) is 126 cm³/mol. The molecule has 182 valence electrons. The van der Waals surface area contributed by atoms with E-state index in [0.717, 1.165) is 29.8 Å². The zero-order valence-corrected chi connectivity index (χ0v) is 19.6. The Labute approximate surface area is 205 Å². The van der Waals surface area contributed by atoms with Gasteiger partial charge in [0.15, 0.2) is 0 Å². The van der Waals surface area contributed by atoms with Gasteiger partial charge in [-0.2, -0.15) is 13.2 Å². The van der Waals surface area contributed by atoms with Crippen LogP contribution in [0.5, 0.6) is 5.88 Å². The first kappa shape index (κ1) is 24.7. The molecule has 4 rings (SSSR count). The van der Waals surface area contributed by atoms with E-state index >= 15 is 0 Å². The van der Waals surface area contributed by atoms with E-state index in [9.17, 15) is 18.0 Å². The standard InChI is InChI=1S/C26H22ClF3N2O3/c1-2-34-25(33)23-8-4-7-22(32-23)20-6-3-5-19(20)21-13-17(26(28,29)30)14-31-24(21)35-15-16-9-11-18(27)12-10-16/h4,7-14H,2-3,5-6,15H2,1H3. The van der Waals surface area contributed by atoms with Crippen LogP contribution >= 0.6 is 11.6 Å². The zero-order valence-electron chi connectivity index (χ0n) is 18.9. The number of hydrogen-bond acceptors (Lipinski definition) is 5. The van der Waals surface area contributed by atoms with Gasteiger partial charge in [0.25, 0.3) is 0 Å². The van der Waals surface area contributed by atoms with Gasteiger partial charge in [-0.1, -0.05) is 29.8 Å². The normalized spacial score (nSPS) is 13.7. The predicted octanol–water partition coefficient (Wildman–Crippen LogP) is 7.00. The lowest BCUT2D eigenvalue weighted by molar-refractivity contribution is -0.137. The molecule has 0 N–H and O–H groups in total. The van der Waals surface area contributed by atoms with E-state index in [1.54, 1.807) is 49.4 Å². The smallest absolute Gasteiger partial charge is 0.417 e. The molecule has 5 nitrogen and oxygen atoms in total. The third kappa shape index (κ3) is 5.82. The fourth-order valence-corrected chi connectivity index (χ4v) is 4.04. The number of hydrogen-bond donors (Lipinski definition) is 0. The highest BCUT2D eigenvalue weighted by molar-refractivity contribution is 6.30.